The van der Waals surface area contributed by atoms with Crippen molar-refractivity contribution in [2.24, 2.45) is 16.0 Å². The summed E-state index contributed by atoms with van der Waals surface area (Å²) in [5.41, 5.74) is 1.50. The minimum absolute atomic E-state index is 0.293. The summed E-state index contributed by atoms with van der Waals surface area (Å²) in [6.45, 7) is 6.59. The summed E-state index contributed by atoms with van der Waals surface area (Å²) in [6.07, 6.45) is 4.64. The van der Waals surface area contributed by atoms with Crippen molar-refractivity contribution in [1.82, 2.24) is 4.90 Å². The first-order chi connectivity index (χ1) is 8.52. The molecular formula is C14H24N2O2. The van der Waals surface area contributed by atoms with Gasteiger partial charge in [-0.05, 0) is 36.6 Å². The fourth-order valence-corrected chi connectivity index (χ4v) is 4.74. The number of hydrogen-bond donors (Lipinski definition) is 1. The first-order valence-corrected chi connectivity index (χ1v) is 7.05. The Morgan fingerprint density at radius 3 is 2.72 bits per heavy atom. The van der Waals surface area contributed by atoms with Crippen LogP contribution in [0.15, 0.2) is 5.16 Å². The molecule has 4 heteroatoms. The molecule has 0 aromatic rings. The molecule has 0 aromatic carbocycles. The third kappa shape index (κ3) is 1.42. The van der Waals surface area contributed by atoms with Crippen LogP contribution in [0.4, 0.5) is 0 Å². The smallest absolute Gasteiger partial charge is 0.110 e. The number of fused-ring (bicyclic) bond motifs is 2. The number of aliphatic hydroxyl groups is 1. The summed E-state index contributed by atoms with van der Waals surface area (Å²) >= 11 is 0. The highest BCUT2D eigenvalue weighted by molar-refractivity contribution is 5.96. The average molecular weight is 252 g/mol. The SMILES string of the molecule is CO/N=C1/C(O)CN2CCC3(CCCC3(C)C)C12. The van der Waals surface area contributed by atoms with Gasteiger partial charge in [-0.2, -0.15) is 0 Å². The number of aliphatic hydroxyl groups excluding tert-OH is 1. The summed E-state index contributed by atoms with van der Waals surface area (Å²) in [4.78, 5) is 7.39. The van der Waals surface area contributed by atoms with Crippen LogP contribution < -0.4 is 0 Å². The molecule has 18 heavy (non-hydrogen) atoms. The van der Waals surface area contributed by atoms with E-state index in [-0.39, 0.29) is 0 Å². The predicted molar refractivity (Wildman–Crippen MR) is 70.5 cm³/mol. The molecule has 4 nitrogen and oxygen atoms in total. The highest BCUT2D eigenvalue weighted by Gasteiger charge is 2.62. The van der Waals surface area contributed by atoms with E-state index in [9.17, 15) is 5.11 Å². The lowest BCUT2D eigenvalue weighted by atomic mass is 9.62. The second kappa shape index (κ2) is 3.94. The van der Waals surface area contributed by atoms with E-state index >= 15 is 0 Å². The van der Waals surface area contributed by atoms with Crippen LogP contribution in [0.3, 0.4) is 0 Å². The van der Waals surface area contributed by atoms with E-state index in [2.05, 4.69) is 23.9 Å². The molecule has 0 radical (unpaired) electrons. The summed E-state index contributed by atoms with van der Waals surface area (Å²) in [6, 6.07) is 0.296. The van der Waals surface area contributed by atoms with Crippen LogP contribution in [0.5, 0.6) is 0 Å². The maximum atomic E-state index is 10.2. The number of nitrogens with zero attached hydrogens (tertiary/aromatic N) is 2. The average Bonchev–Trinajstić information content (AvgIpc) is 2.89. The lowest BCUT2D eigenvalue weighted by Crippen LogP contribution is -2.46. The molecule has 3 rings (SSSR count). The zero-order chi connectivity index (χ0) is 13.0. The molecular weight excluding hydrogens is 228 g/mol. The van der Waals surface area contributed by atoms with Crippen molar-refractivity contribution in [3.63, 3.8) is 0 Å². The zero-order valence-electron chi connectivity index (χ0n) is 11.6. The standard InChI is InChI=1S/C14H24N2O2/c1-13(2)5-4-6-14(13)7-8-16-9-10(17)11(12(14)16)15-18-3/h10,12,17H,4-9H2,1-3H3/b15-11-. The second-order valence-electron chi connectivity index (χ2n) is 6.76. The zero-order valence-corrected chi connectivity index (χ0v) is 11.6. The van der Waals surface area contributed by atoms with Gasteiger partial charge >= 0.3 is 0 Å². The predicted octanol–water partition coefficient (Wildman–Crippen LogP) is 1.63. The van der Waals surface area contributed by atoms with Crippen molar-refractivity contribution < 1.29 is 9.94 Å². The molecule has 102 valence electrons. The molecule has 0 bridgehead atoms. The summed E-state index contributed by atoms with van der Waals surface area (Å²) in [5, 5.41) is 14.3. The number of rotatable bonds is 1. The maximum absolute atomic E-state index is 10.2. The monoisotopic (exact) mass is 252 g/mol. The van der Waals surface area contributed by atoms with Gasteiger partial charge in [0.1, 0.15) is 18.9 Å². The lowest BCUT2D eigenvalue weighted by molar-refractivity contribution is 0.0930. The Morgan fingerprint density at radius 1 is 1.33 bits per heavy atom. The summed E-state index contributed by atoms with van der Waals surface area (Å²) in [7, 11) is 1.57. The van der Waals surface area contributed by atoms with E-state index in [1.807, 2.05) is 0 Å². The maximum Gasteiger partial charge on any atom is 0.110 e. The lowest BCUT2D eigenvalue weighted by Gasteiger charge is -2.43. The van der Waals surface area contributed by atoms with Gasteiger partial charge in [-0.25, -0.2) is 0 Å². The van der Waals surface area contributed by atoms with Crippen LogP contribution in [0.25, 0.3) is 0 Å². The Balaban J connectivity index is 2.01. The van der Waals surface area contributed by atoms with Crippen LogP contribution in [0, 0.1) is 10.8 Å². The molecule has 2 heterocycles. The van der Waals surface area contributed by atoms with Gasteiger partial charge in [-0.3, -0.25) is 4.90 Å². The molecule has 3 unspecified atom stereocenters. The molecule has 0 aromatic heterocycles. The van der Waals surface area contributed by atoms with Crippen LogP contribution in [-0.2, 0) is 4.84 Å². The minimum Gasteiger partial charge on any atom is -0.399 e. The molecule has 1 spiro atoms. The van der Waals surface area contributed by atoms with Gasteiger partial charge in [0.05, 0.1) is 6.04 Å². The molecule has 3 fully saturated rings. The quantitative estimate of drug-likeness (QED) is 0.722. The van der Waals surface area contributed by atoms with Crippen molar-refractivity contribution in [1.29, 1.82) is 0 Å². The molecule has 1 N–H and O–H groups in total. The molecule has 2 saturated heterocycles. The van der Waals surface area contributed by atoms with Gasteiger partial charge in [0.25, 0.3) is 0 Å². The van der Waals surface area contributed by atoms with Gasteiger partial charge in [0, 0.05) is 6.54 Å². The van der Waals surface area contributed by atoms with E-state index in [1.54, 1.807) is 7.11 Å². The Hall–Kier alpha value is -0.610. The van der Waals surface area contributed by atoms with Gasteiger partial charge in [-0.1, -0.05) is 25.4 Å². The Bertz CT molecular complexity index is 380. The van der Waals surface area contributed by atoms with E-state index in [0.717, 1.165) is 18.8 Å². The van der Waals surface area contributed by atoms with Crippen LogP contribution >= 0.6 is 0 Å². The topological polar surface area (TPSA) is 45.1 Å². The first-order valence-electron chi connectivity index (χ1n) is 7.05. The molecule has 2 aliphatic heterocycles. The summed E-state index contributed by atoms with van der Waals surface area (Å²) in [5.74, 6) is 0. The normalized spacial score (nSPS) is 45.0. The Morgan fingerprint density at radius 2 is 2.11 bits per heavy atom. The van der Waals surface area contributed by atoms with E-state index in [4.69, 9.17) is 4.84 Å². The van der Waals surface area contributed by atoms with Crippen molar-refractivity contribution in [2.75, 3.05) is 20.2 Å². The van der Waals surface area contributed by atoms with E-state index in [1.165, 1.54) is 25.7 Å². The largest absolute Gasteiger partial charge is 0.399 e. The van der Waals surface area contributed by atoms with E-state index in [0.29, 0.717) is 16.9 Å². The van der Waals surface area contributed by atoms with E-state index < -0.39 is 6.10 Å². The van der Waals surface area contributed by atoms with Crippen molar-refractivity contribution in [3.8, 4) is 0 Å². The van der Waals surface area contributed by atoms with Crippen LogP contribution in [-0.4, -0.2) is 48.1 Å². The fraction of sp³-hybridized carbons (Fsp3) is 0.929. The van der Waals surface area contributed by atoms with Crippen LogP contribution in [0.1, 0.15) is 39.5 Å². The summed E-state index contributed by atoms with van der Waals surface area (Å²) < 4.78 is 0. The molecule has 1 aliphatic carbocycles. The second-order valence-corrected chi connectivity index (χ2v) is 6.76. The van der Waals surface area contributed by atoms with Gasteiger partial charge in [-0.15, -0.1) is 0 Å². The first kappa shape index (κ1) is 12.4. The van der Waals surface area contributed by atoms with Crippen molar-refractivity contribution >= 4 is 5.71 Å². The highest BCUT2D eigenvalue weighted by Crippen LogP contribution is 2.61. The highest BCUT2D eigenvalue weighted by atomic mass is 16.6. The number of hydrogen-bond acceptors (Lipinski definition) is 4. The van der Waals surface area contributed by atoms with Crippen molar-refractivity contribution in [3.05, 3.63) is 0 Å². The molecule has 3 aliphatic rings. The van der Waals surface area contributed by atoms with Gasteiger partial charge in [0.15, 0.2) is 0 Å². The Labute approximate surface area is 109 Å². The van der Waals surface area contributed by atoms with Gasteiger partial charge < -0.3 is 9.94 Å². The fourth-order valence-electron chi connectivity index (χ4n) is 4.74. The minimum atomic E-state index is -0.441. The number of oxime groups is 1. The third-order valence-corrected chi connectivity index (χ3v) is 5.73. The van der Waals surface area contributed by atoms with Crippen LogP contribution in [0.2, 0.25) is 0 Å². The molecule has 3 atom stereocenters. The third-order valence-electron chi connectivity index (χ3n) is 5.73. The molecule has 0 amide bonds. The van der Waals surface area contributed by atoms with Gasteiger partial charge in [0.2, 0.25) is 0 Å². The Kier molecular flexibility index (Phi) is 2.72. The molecule has 1 saturated carbocycles. The van der Waals surface area contributed by atoms with Crippen molar-refractivity contribution in [2.45, 2.75) is 51.7 Å².